The molecule has 0 N–H and O–H groups in total. The van der Waals surface area contributed by atoms with Crippen LogP contribution in [0.3, 0.4) is 0 Å². The third-order valence-corrected chi connectivity index (χ3v) is 5.46. The Hall–Kier alpha value is -1.09. The van der Waals surface area contributed by atoms with Gasteiger partial charge in [-0.25, -0.2) is 0 Å². The van der Waals surface area contributed by atoms with Gasteiger partial charge < -0.3 is 4.84 Å². The van der Waals surface area contributed by atoms with E-state index in [1.54, 1.807) is 0 Å². The minimum atomic E-state index is -1.49. The topological polar surface area (TPSA) is 21.6 Å². The zero-order chi connectivity index (χ0) is 12.0. The standard InChI is InChI=1S/C13H21NOSi/c1-5-12(2)14-15-11-16(3,4)13-9-7-6-8-10-13/h6-10H,5,11H2,1-4H3/b14-12-. The van der Waals surface area contributed by atoms with Crippen molar-refractivity contribution in [3.05, 3.63) is 30.3 Å². The van der Waals surface area contributed by atoms with Gasteiger partial charge in [0.05, 0.1) is 5.71 Å². The number of hydrogen-bond acceptors (Lipinski definition) is 2. The molecule has 0 aliphatic carbocycles. The highest BCUT2D eigenvalue weighted by molar-refractivity contribution is 6.89. The van der Waals surface area contributed by atoms with Gasteiger partial charge in [-0.1, -0.05) is 60.7 Å². The molecule has 1 aromatic carbocycles. The molecule has 16 heavy (non-hydrogen) atoms. The normalized spacial score (nSPS) is 12.6. The maximum absolute atomic E-state index is 5.46. The van der Waals surface area contributed by atoms with E-state index in [0.717, 1.165) is 18.4 Å². The Morgan fingerprint density at radius 2 is 1.88 bits per heavy atom. The molecule has 0 aromatic heterocycles. The van der Waals surface area contributed by atoms with Crippen molar-refractivity contribution in [2.75, 3.05) is 6.23 Å². The third kappa shape index (κ3) is 3.81. The van der Waals surface area contributed by atoms with Crippen LogP contribution in [0.4, 0.5) is 0 Å². The summed E-state index contributed by atoms with van der Waals surface area (Å²) in [6, 6.07) is 10.6. The van der Waals surface area contributed by atoms with Crippen molar-refractivity contribution in [1.82, 2.24) is 0 Å². The van der Waals surface area contributed by atoms with Crippen molar-refractivity contribution in [3.63, 3.8) is 0 Å². The van der Waals surface area contributed by atoms with Crippen LogP contribution in [-0.4, -0.2) is 20.0 Å². The smallest absolute Gasteiger partial charge is 0.127 e. The molecule has 0 bridgehead atoms. The van der Waals surface area contributed by atoms with Crippen molar-refractivity contribution in [2.45, 2.75) is 33.4 Å². The van der Waals surface area contributed by atoms with Crippen molar-refractivity contribution < 1.29 is 4.84 Å². The van der Waals surface area contributed by atoms with E-state index in [9.17, 15) is 0 Å². The van der Waals surface area contributed by atoms with Crippen LogP contribution in [0.5, 0.6) is 0 Å². The van der Waals surface area contributed by atoms with Crippen LogP contribution in [0.1, 0.15) is 20.3 Å². The first-order valence-corrected chi connectivity index (χ1v) is 8.98. The summed E-state index contributed by atoms with van der Waals surface area (Å²) in [7, 11) is -1.49. The largest absolute Gasteiger partial charge is 0.399 e. The highest BCUT2D eigenvalue weighted by Crippen LogP contribution is 2.04. The SMILES string of the molecule is CC/C(C)=N\OC[Si](C)(C)c1ccccc1. The first kappa shape index (κ1) is 13.0. The van der Waals surface area contributed by atoms with Gasteiger partial charge in [0.2, 0.25) is 0 Å². The minimum absolute atomic E-state index is 0.744. The van der Waals surface area contributed by atoms with E-state index in [4.69, 9.17) is 4.84 Å². The molecule has 2 nitrogen and oxygen atoms in total. The maximum atomic E-state index is 5.46. The summed E-state index contributed by atoms with van der Waals surface area (Å²) in [5.41, 5.74) is 1.05. The number of oxime groups is 1. The Balaban J connectivity index is 2.59. The molecular formula is C13H21NOSi. The fourth-order valence-corrected chi connectivity index (χ4v) is 2.99. The number of hydrogen-bond donors (Lipinski definition) is 0. The van der Waals surface area contributed by atoms with Gasteiger partial charge in [0.25, 0.3) is 0 Å². The lowest BCUT2D eigenvalue weighted by molar-refractivity contribution is 0.186. The molecule has 0 amide bonds. The van der Waals surface area contributed by atoms with Gasteiger partial charge >= 0.3 is 0 Å². The Kier molecular flexibility index (Phi) is 4.74. The van der Waals surface area contributed by atoms with Crippen molar-refractivity contribution in [2.24, 2.45) is 5.16 Å². The molecule has 0 saturated heterocycles. The van der Waals surface area contributed by atoms with Gasteiger partial charge in [-0.15, -0.1) is 0 Å². The summed E-state index contributed by atoms with van der Waals surface area (Å²) in [5, 5.41) is 5.52. The van der Waals surface area contributed by atoms with Crippen molar-refractivity contribution >= 4 is 19.0 Å². The lowest BCUT2D eigenvalue weighted by atomic mass is 10.3. The molecule has 0 aliphatic rings. The number of nitrogens with zero attached hydrogens (tertiary/aromatic N) is 1. The second-order valence-electron chi connectivity index (χ2n) is 4.70. The van der Waals surface area contributed by atoms with Gasteiger partial charge in [0.1, 0.15) is 14.3 Å². The van der Waals surface area contributed by atoms with E-state index in [-0.39, 0.29) is 0 Å². The molecule has 3 heteroatoms. The summed E-state index contributed by atoms with van der Waals surface area (Å²) in [5.74, 6) is 0. The Bertz CT molecular complexity index is 346. The van der Waals surface area contributed by atoms with Crippen LogP contribution in [0, 0.1) is 0 Å². The van der Waals surface area contributed by atoms with E-state index in [1.807, 2.05) is 13.0 Å². The van der Waals surface area contributed by atoms with Gasteiger partial charge in [0, 0.05) is 0 Å². The van der Waals surface area contributed by atoms with Crippen molar-refractivity contribution in [1.29, 1.82) is 0 Å². The lowest BCUT2D eigenvalue weighted by Gasteiger charge is -2.20. The van der Waals surface area contributed by atoms with Crippen LogP contribution < -0.4 is 5.19 Å². The van der Waals surface area contributed by atoms with Crippen molar-refractivity contribution in [3.8, 4) is 0 Å². The molecule has 0 saturated carbocycles. The molecule has 0 atom stereocenters. The second-order valence-corrected chi connectivity index (χ2v) is 9.34. The third-order valence-electron chi connectivity index (χ3n) is 2.71. The zero-order valence-corrected chi connectivity index (χ0v) is 11.7. The minimum Gasteiger partial charge on any atom is -0.399 e. The average molecular weight is 235 g/mol. The first-order valence-electron chi connectivity index (χ1n) is 5.77. The molecule has 0 heterocycles. The monoisotopic (exact) mass is 235 g/mol. The quantitative estimate of drug-likeness (QED) is 0.437. The number of rotatable bonds is 5. The van der Waals surface area contributed by atoms with Crippen LogP contribution in [-0.2, 0) is 4.84 Å². The lowest BCUT2D eigenvalue weighted by Crippen LogP contribution is -2.45. The zero-order valence-electron chi connectivity index (χ0n) is 10.7. The molecule has 88 valence electrons. The Morgan fingerprint density at radius 1 is 1.25 bits per heavy atom. The van der Waals surface area contributed by atoms with E-state index < -0.39 is 8.07 Å². The molecule has 0 unspecified atom stereocenters. The summed E-state index contributed by atoms with van der Waals surface area (Å²) in [4.78, 5) is 5.46. The molecule has 1 rings (SSSR count). The summed E-state index contributed by atoms with van der Waals surface area (Å²) in [6.07, 6.45) is 1.70. The number of benzene rings is 1. The molecule has 0 aliphatic heterocycles. The first-order chi connectivity index (χ1) is 7.56. The van der Waals surface area contributed by atoms with Gasteiger partial charge in [-0.3, -0.25) is 0 Å². The van der Waals surface area contributed by atoms with Gasteiger partial charge in [0.15, 0.2) is 0 Å². The summed E-state index contributed by atoms with van der Waals surface area (Å²) >= 11 is 0. The van der Waals surface area contributed by atoms with E-state index in [1.165, 1.54) is 5.19 Å². The summed E-state index contributed by atoms with van der Waals surface area (Å²) in [6.45, 7) is 8.69. The fourth-order valence-electron chi connectivity index (χ4n) is 1.34. The predicted molar refractivity (Wildman–Crippen MR) is 72.9 cm³/mol. The predicted octanol–water partition coefficient (Wildman–Crippen LogP) is 2.94. The fraction of sp³-hybridized carbons (Fsp3) is 0.462. The molecule has 0 radical (unpaired) electrons. The highest BCUT2D eigenvalue weighted by atomic mass is 28.3. The van der Waals surface area contributed by atoms with E-state index >= 15 is 0 Å². The van der Waals surface area contributed by atoms with Gasteiger partial charge in [-0.2, -0.15) is 0 Å². The van der Waals surface area contributed by atoms with E-state index in [0.29, 0.717) is 0 Å². The van der Waals surface area contributed by atoms with E-state index in [2.05, 4.69) is 49.4 Å². The van der Waals surface area contributed by atoms with Gasteiger partial charge in [-0.05, 0) is 13.3 Å². The highest BCUT2D eigenvalue weighted by Gasteiger charge is 2.24. The molecule has 1 aromatic rings. The van der Waals surface area contributed by atoms with Crippen LogP contribution >= 0.6 is 0 Å². The molecule has 0 spiro atoms. The van der Waals surface area contributed by atoms with Crippen LogP contribution in [0.15, 0.2) is 35.5 Å². The summed E-state index contributed by atoms with van der Waals surface area (Å²) < 4.78 is 0. The molecule has 0 fully saturated rings. The Morgan fingerprint density at radius 3 is 2.44 bits per heavy atom. The van der Waals surface area contributed by atoms with Crippen LogP contribution in [0.2, 0.25) is 13.1 Å². The Labute approximate surface area is 99.3 Å². The molecular weight excluding hydrogens is 214 g/mol. The maximum Gasteiger partial charge on any atom is 0.127 e. The second kappa shape index (κ2) is 5.85. The average Bonchev–Trinajstić information content (AvgIpc) is 2.30. The van der Waals surface area contributed by atoms with Crippen LogP contribution in [0.25, 0.3) is 0 Å².